The van der Waals surface area contributed by atoms with Crippen molar-refractivity contribution in [2.24, 2.45) is 0 Å². The molecule has 3 rings (SSSR count). The van der Waals surface area contributed by atoms with E-state index >= 15 is 0 Å². The highest BCUT2D eigenvalue weighted by molar-refractivity contribution is 5.82. The maximum atomic E-state index is 5.61. The van der Waals surface area contributed by atoms with E-state index in [0.29, 0.717) is 11.4 Å². The number of pyridine rings is 1. The Morgan fingerprint density at radius 1 is 1.00 bits per heavy atom. The van der Waals surface area contributed by atoms with Crippen LogP contribution < -0.4 is 5.73 Å². The fourth-order valence-electron chi connectivity index (χ4n) is 1.57. The summed E-state index contributed by atoms with van der Waals surface area (Å²) in [7, 11) is 0. The third-order valence-electron chi connectivity index (χ3n) is 2.35. The molecule has 0 amide bonds. The number of nitrogens with two attached hydrogens (primary N) is 1. The van der Waals surface area contributed by atoms with Crippen LogP contribution >= 0.6 is 0 Å². The highest BCUT2D eigenvalue weighted by Gasteiger charge is 2.10. The van der Waals surface area contributed by atoms with E-state index in [-0.39, 0.29) is 5.82 Å². The van der Waals surface area contributed by atoms with Gasteiger partial charge in [-0.2, -0.15) is 0 Å². The van der Waals surface area contributed by atoms with Gasteiger partial charge in [0.25, 0.3) is 0 Å². The summed E-state index contributed by atoms with van der Waals surface area (Å²) in [6.07, 6.45) is 0. The van der Waals surface area contributed by atoms with Crippen molar-refractivity contribution in [3.63, 3.8) is 0 Å². The Hall–Kier alpha value is -2.43. The quantitative estimate of drug-likeness (QED) is 0.666. The third kappa shape index (κ3) is 1.30. The van der Waals surface area contributed by atoms with Gasteiger partial charge in [0.2, 0.25) is 0 Å². The van der Waals surface area contributed by atoms with Crippen LogP contribution in [-0.4, -0.2) is 15.3 Å². The Kier molecular flexibility index (Phi) is 1.83. The molecular formula is C11H8N4O. The van der Waals surface area contributed by atoms with E-state index in [1.807, 2.05) is 36.4 Å². The molecule has 1 aromatic carbocycles. The second kappa shape index (κ2) is 3.30. The van der Waals surface area contributed by atoms with E-state index in [0.717, 1.165) is 10.9 Å². The van der Waals surface area contributed by atoms with Crippen LogP contribution in [0.4, 0.5) is 5.82 Å². The summed E-state index contributed by atoms with van der Waals surface area (Å²) in [4.78, 5) is 4.44. The Labute approximate surface area is 90.9 Å². The number of benzene rings is 1. The van der Waals surface area contributed by atoms with Crippen LogP contribution in [0, 0.1) is 0 Å². The van der Waals surface area contributed by atoms with Gasteiger partial charge >= 0.3 is 0 Å². The SMILES string of the molecule is Nc1nonc1-c1ccc2ccccc2n1. The molecule has 2 aromatic heterocycles. The molecule has 2 N–H and O–H groups in total. The van der Waals surface area contributed by atoms with Crippen LogP contribution in [0.5, 0.6) is 0 Å². The van der Waals surface area contributed by atoms with Gasteiger partial charge in [0, 0.05) is 5.39 Å². The van der Waals surface area contributed by atoms with Gasteiger partial charge in [0.1, 0.15) is 0 Å². The molecule has 5 nitrogen and oxygen atoms in total. The largest absolute Gasteiger partial charge is 0.379 e. The summed E-state index contributed by atoms with van der Waals surface area (Å²) in [6, 6.07) is 11.6. The predicted octanol–water partition coefficient (Wildman–Crippen LogP) is 1.87. The Morgan fingerprint density at radius 3 is 2.69 bits per heavy atom. The van der Waals surface area contributed by atoms with E-state index in [2.05, 4.69) is 19.9 Å². The smallest absolute Gasteiger partial charge is 0.198 e. The van der Waals surface area contributed by atoms with Crippen molar-refractivity contribution in [3.05, 3.63) is 36.4 Å². The van der Waals surface area contributed by atoms with Gasteiger partial charge in [-0.15, -0.1) is 0 Å². The maximum absolute atomic E-state index is 5.61. The minimum Gasteiger partial charge on any atom is -0.379 e. The summed E-state index contributed by atoms with van der Waals surface area (Å²) in [5, 5.41) is 8.31. The van der Waals surface area contributed by atoms with Crippen molar-refractivity contribution in [2.75, 3.05) is 5.73 Å². The lowest BCUT2D eigenvalue weighted by molar-refractivity contribution is 0.310. The van der Waals surface area contributed by atoms with Gasteiger partial charge in [-0.05, 0) is 22.4 Å². The number of hydrogen-bond donors (Lipinski definition) is 1. The number of hydrogen-bond acceptors (Lipinski definition) is 5. The van der Waals surface area contributed by atoms with Gasteiger partial charge in [-0.3, -0.25) is 0 Å². The van der Waals surface area contributed by atoms with Gasteiger partial charge in [0.15, 0.2) is 11.5 Å². The number of anilines is 1. The van der Waals surface area contributed by atoms with Crippen molar-refractivity contribution in [3.8, 4) is 11.4 Å². The molecule has 5 heteroatoms. The molecule has 0 bridgehead atoms. The molecule has 2 heterocycles. The van der Waals surface area contributed by atoms with Crippen LogP contribution in [0.1, 0.15) is 0 Å². The lowest BCUT2D eigenvalue weighted by Gasteiger charge is -1.99. The molecule has 0 saturated carbocycles. The standard InChI is InChI=1S/C11H8N4O/c12-11-10(14-16-15-11)9-6-5-7-3-1-2-4-8(7)13-9/h1-6H,(H2,12,15). The first-order chi connectivity index (χ1) is 7.84. The second-order valence-electron chi connectivity index (χ2n) is 3.39. The van der Waals surface area contributed by atoms with Gasteiger partial charge in [-0.1, -0.05) is 24.3 Å². The Bertz CT molecular complexity index is 647. The average molecular weight is 212 g/mol. The molecule has 0 radical (unpaired) electrons. The highest BCUT2D eigenvalue weighted by atomic mass is 16.6. The third-order valence-corrected chi connectivity index (χ3v) is 2.35. The van der Waals surface area contributed by atoms with Gasteiger partial charge in [0.05, 0.1) is 11.2 Å². The fourth-order valence-corrected chi connectivity index (χ4v) is 1.57. The molecule has 16 heavy (non-hydrogen) atoms. The lowest BCUT2D eigenvalue weighted by Crippen LogP contribution is -1.91. The predicted molar refractivity (Wildman–Crippen MR) is 59.4 cm³/mol. The van der Waals surface area contributed by atoms with Gasteiger partial charge in [-0.25, -0.2) is 9.61 Å². The highest BCUT2D eigenvalue weighted by Crippen LogP contribution is 2.22. The first kappa shape index (κ1) is 8.84. The summed E-state index contributed by atoms with van der Waals surface area (Å²) in [5.41, 5.74) is 7.64. The fraction of sp³-hybridized carbons (Fsp3) is 0. The van der Waals surface area contributed by atoms with Crippen LogP contribution in [0.2, 0.25) is 0 Å². The normalized spacial score (nSPS) is 10.8. The summed E-state index contributed by atoms with van der Waals surface area (Å²) in [5.74, 6) is 0.253. The van der Waals surface area contributed by atoms with E-state index in [9.17, 15) is 0 Å². The second-order valence-corrected chi connectivity index (χ2v) is 3.39. The molecule has 0 aliphatic carbocycles. The molecule has 0 fully saturated rings. The minimum atomic E-state index is 0.253. The number of fused-ring (bicyclic) bond motifs is 1. The number of para-hydroxylation sites is 1. The molecule has 0 unspecified atom stereocenters. The zero-order valence-electron chi connectivity index (χ0n) is 8.29. The number of rotatable bonds is 1. The zero-order valence-corrected chi connectivity index (χ0v) is 8.29. The summed E-state index contributed by atoms with van der Waals surface area (Å²) in [6.45, 7) is 0. The topological polar surface area (TPSA) is 77.8 Å². The van der Waals surface area contributed by atoms with E-state index in [4.69, 9.17) is 5.73 Å². The molecule has 78 valence electrons. The maximum Gasteiger partial charge on any atom is 0.198 e. The van der Waals surface area contributed by atoms with E-state index in [1.165, 1.54) is 0 Å². The van der Waals surface area contributed by atoms with Crippen LogP contribution in [0.25, 0.3) is 22.3 Å². The van der Waals surface area contributed by atoms with Crippen molar-refractivity contribution in [1.82, 2.24) is 15.3 Å². The van der Waals surface area contributed by atoms with Crippen LogP contribution in [0.15, 0.2) is 41.0 Å². The minimum absolute atomic E-state index is 0.253. The van der Waals surface area contributed by atoms with E-state index in [1.54, 1.807) is 0 Å². The van der Waals surface area contributed by atoms with Crippen molar-refractivity contribution in [2.45, 2.75) is 0 Å². The summed E-state index contributed by atoms with van der Waals surface area (Å²) >= 11 is 0. The molecule has 0 spiro atoms. The zero-order chi connectivity index (χ0) is 11.0. The van der Waals surface area contributed by atoms with Crippen molar-refractivity contribution >= 4 is 16.7 Å². The monoisotopic (exact) mass is 212 g/mol. The molecule has 0 saturated heterocycles. The molecule has 3 aromatic rings. The average Bonchev–Trinajstić information content (AvgIpc) is 2.75. The molecule has 0 aliphatic rings. The number of nitrogen functional groups attached to an aromatic ring is 1. The van der Waals surface area contributed by atoms with Crippen molar-refractivity contribution in [1.29, 1.82) is 0 Å². The Balaban J connectivity index is 2.23. The lowest BCUT2D eigenvalue weighted by atomic mass is 10.2. The van der Waals surface area contributed by atoms with E-state index < -0.39 is 0 Å². The number of aromatic nitrogens is 3. The first-order valence-corrected chi connectivity index (χ1v) is 4.79. The van der Waals surface area contributed by atoms with Crippen molar-refractivity contribution < 1.29 is 4.63 Å². The summed E-state index contributed by atoms with van der Waals surface area (Å²) < 4.78 is 4.55. The first-order valence-electron chi connectivity index (χ1n) is 4.79. The molecule has 0 atom stereocenters. The Morgan fingerprint density at radius 2 is 1.88 bits per heavy atom. The van der Waals surface area contributed by atoms with Gasteiger partial charge < -0.3 is 5.73 Å². The molecular weight excluding hydrogens is 204 g/mol. The number of nitrogens with zero attached hydrogens (tertiary/aromatic N) is 3. The van der Waals surface area contributed by atoms with Crippen LogP contribution in [-0.2, 0) is 0 Å². The molecule has 0 aliphatic heterocycles. The van der Waals surface area contributed by atoms with Crippen LogP contribution in [0.3, 0.4) is 0 Å².